The number of halogens is 5. The summed E-state index contributed by atoms with van der Waals surface area (Å²) in [7, 11) is 1.85. The second-order valence-corrected chi connectivity index (χ2v) is 5.98. The van der Waals surface area contributed by atoms with Gasteiger partial charge in [-0.15, -0.1) is 12.4 Å². The molecule has 1 heterocycles. The van der Waals surface area contributed by atoms with Crippen LogP contribution in [0.5, 0.6) is 0 Å². The Balaban J connectivity index is 0.00000288. The molecule has 24 heavy (non-hydrogen) atoms. The number of benzene rings is 1. The lowest BCUT2D eigenvalue weighted by Gasteiger charge is -2.32. The van der Waals surface area contributed by atoms with Crippen molar-refractivity contribution in [3.05, 3.63) is 28.8 Å². The van der Waals surface area contributed by atoms with Crippen molar-refractivity contribution in [3.63, 3.8) is 0 Å². The fraction of sp³-hybridized carbons (Fsp3) is 0.533. The molecule has 0 radical (unpaired) electrons. The van der Waals surface area contributed by atoms with Crippen molar-refractivity contribution in [1.82, 2.24) is 10.2 Å². The highest BCUT2D eigenvalue weighted by atomic mass is 35.5. The molecule has 1 saturated heterocycles. The number of nitrogens with one attached hydrogen (secondary N) is 2. The molecular formula is C15H20Cl2F3N3O. The Labute approximate surface area is 150 Å². The highest BCUT2D eigenvalue weighted by Gasteiger charge is 2.35. The van der Waals surface area contributed by atoms with E-state index in [4.69, 9.17) is 11.6 Å². The molecule has 1 amide bonds. The molecule has 136 valence electrons. The Morgan fingerprint density at radius 1 is 1.42 bits per heavy atom. The van der Waals surface area contributed by atoms with E-state index < -0.39 is 17.6 Å². The first-order valence-corrected chi connectivity index (χ1v) is 7.74. The zero-order valence-corrected chi connectivity index (χ0v) is 14.7. The van der Waals surface area contributed by atoms with Crippen molar-refractivity contribution in [2.24, 2.45) is 0 Å². The Morgan fingerprint density at radius 3 is 2.75 bits per heavy atom. The molecule has 1 atom stereocenters. The van der Waals surface area contributed by atoms with Gasteiger partial charge in [-0.2, -0.15) is 13.2 Å². The third kappa shape index (κ3) is 5.51. The second-order valence-electron chi connectivity index (χ2n) is 5.57. The molecule has 1 aromatic rings. The van der Waals surface area contributed by atoms with E-state index in [1.54, 1.807) is 0 Å². The third-order valence-corrected chi connectivity index (χ3v) is 4.18. The van der Waals surface area contributed by atoms with Crippen molar-refractivity contribution >= 4 is 35.6 Å². The molecule has 1 aliphatic heterocycles. The maximum absolute atomic E-state index is 13.0. The molecule has 2 rings (SSSR count). The standard InChI is InChI=1S/C15H19ClF3N3O.ClH/c1-20-10-4-3-7-22(8-10)9-13(23)21-14-11(15(17,18)19)5-2-6-12(14)16;/h2,5-6,10,20H,3-4,7-9H2,1H3,(H,21,23);1H. The predicted molar refractivity (Wildman–Crippen MR) is 90.9 cm³/mol. The Morgan fingerprint density at radius 2 is 2.12 bits per heavy atom. The SMILES string of the molecule is CNC1CCCN(CC(=O)Nc2c(Cl)cccc2C(F)(F)F)C1.Cl. The first-order valence-electron chi connectivity index (χ1n) is 7.36. The lowest BCUT2D eigenvalue weighted by molar-refractivity contribution is -0.137. The minimum Gasteiger partial charge on any atom is -0.323 e. The molecule has 0 bridgehead atoms. The van der Waals surface area contributed by atoms with E-state index in [1.165, 1.54) is 12.1 Å². The summed E-state index contributed by atoms with van der Waals surface area (Å²) in [5.41, 5.74) is -1.32. The summed E-state index contributed by atoms with van der Waals surface area (Å²) in [5, 5.41) is 5.34. The number of anilines is 1. The molecule has 0 saturated carbocycles. The van der Waals surface area contributed by atoms with Crippen molar-refractivity contribution in [1.29, 1.82) is 0 Å². The average molecular weight is 386 g/mol. The van der Waals surface area contributed by atoms with E-state index in [-0.39, 0.29) is 29.7 Å². The highest BCUT2D eigenvalue weighted by Crippen LogP contribution is 2.38. The first-order chi connectivity index (χ1) is 10.8. The molecule has 0 aliphatic carbocycles. The Kier molecular flexibility index (Phi) is 7.79. The number of hydrogen-bond acceptors (Lipinski definition) is 3. The molecule has 2 N–H and O–H groups in total. The summed E-state index contributed by atoms with van der Waals surface area (Å²) in [4.78, 5) is 14.0. The van der Waals surface area contributed by atoms with Crippen LogP contribution in [-0.4, -0.2) is 43.5 Å². The number of amides is 1. The van der Waals surface area contributed by atoms with Gasteiger partial charge in [-0.1, -0.05) is 17.7 Å². The number of likely N-dealkylation sites (N-methyl/N-ethyl adjacent to an activating group) is 1. The van der Waals surface area contributed by atoms with Crippen molar-refractivity contribution in [2.45, 2.75) is 25.1 Å². The number of para-hydroxylation sites is 1. The van der Waals surface area contributed by atoms with Crippen LogP contribution >= 0.6 is 24.0 Å². The zero-order valence-electron chi connectivity index (χ0n) is 13.1. The predicted octanol–water partition coefficient (Wildman–Crippen LogP) is 3.40. The largest absolute Gasteiger partial charge is 0.418 e. The molecular weight excluding hydrogens is 366 g/mol. The van der Waals surface area contributed by atoms with Gasteiger partial charge in [0, 0.05) is 12.6 Å². The third-order valence-electron chi connectivity index (χ3n) is 3.86. The van der Waals surface area contributed by atoms with Gasteiger partial charge in [0.25, 0.3) is 0 Å². The minimum absolute atomic E-state index is 0. The number of hydrogen-bond donors (Lipinski definition) is 2. The number of piperidine rings is 1. The Bertz CT molecular complexity index is 569. The lowest BCUT2D eigenvalue weighted by atomic mass is 10.1. The highest BCUT2D eigenvalue weighted by molar-refractivity contribution is 6.34. The van der Waals surface area contributed by atoms with Crippen molar-refractivity contribution < 1.29 is 18.0 Å². The fourth-order valence-electron chi connectivity index (χ4n) is 2.70. The van der Waals surface area contributed by atoms with E-state index in [0.29, 0.717) is 12.6 Å². The van der Waals surface area contributed by atoms with Crippen LogP contribution in [0.15, 0.2) is 18.2 Å². The van der Waals surface area contributed by atoms with Crippen LogP contribution in [-0.2, 0) is 11.0 Å². The quantitative estimate of drug-likeness (QED) is 0.834. The molecule has 1 fully saturated rings. The summed E-state index contributed by atoms with van der Waals surface area (Å²) >= 11 is 5.83. The molecule has 9 heteroatoms. The van der Waals surface area contributed by atoms with Gasteiger partial charge in [0.05, 0.1) is 22.8 Å². The van der Waals surface area contributed by atoms with Gasteiger partial charge in [0.2, 0.25) is 5.91 Å². The lowest BCUT2D eigenvalue weighted by Crippen LogP contribution is -2.47. The van der Waals surface area contributed by atoms with E-state index in [9.17, 15) is 18.0 Å². The Hall–Kier alpha value is -1.02. The number of carbonyl (C=O) groups is 1. The number of rotatable bonds is 4. The van der Waals surface area contributed by atoms with Gasteiger partial charge in [0.1, 0.15) is 0 Å². The summed E-state index contributed by atoms with van der Waals surface area (Å²) < 4.78 is 39.0. The van der Waals surface area contributed by atoms with Gasteiger partial charge < -0.3 is 10.6 Å². The number of nitrogens with zero attached hydrogens (tertiary/aromatic N) is 1. The van der Waals surface area contributed by atoms with Crippen molar-refractivity contribution in [3.8, 4) is 0 Å². The van der Waals surface area contributed by atoms with E-state index in [2.05, 4.69) is 10.6 Å². The normalized spacial score (nSPS) is 18.8. The van der Waals surface area contributed by atoms with Gasteiger partial charge >= 0.3 is 6.18 Å². The zero-order chi connectivity index (χ0) is 17.0. The first kappa shape index (κ1) is 21.0. The second kappa shape index (κ2) is 8.89. The number of carbonyl (C=O) groups excluding carboxylic acids is 1. The number of alkyl halides is 3. The maximum Gasteiger partial charge on any atom is 0.418 e. The maximum atomic E-state index is 13.0. The number of likely N-dealkylation sites (tertiary alicyclic amines) is 1. The molecule has 0 spiro atoms. The van der Waals surface area contributed by atoms with Crippen LogP contribution in [0, 0.1) is 0 Å². The van der Waals surface area contributed by atoms with Gasteiger partial charge in [-0.3, -0.25) is 9.69 Å². The summed E-state index contributed by atoms with van der Waals surface area (Å²) in [6.07, 6.45) is -2.61. The molecule has 0 aromatic heterocycles. The average Bonchev–Trinajstić information content (AvgIpc) is 2.48. The molecule has 1 unspecified atom stereocenters. The van der Waals surface area contributed by atoms with Gasteiger partial charge in [-0.05, 0) is 38.6 Å². The summed E-state index contributed by atoms with van der Waals surface area (Å²) in [6.45, 7) is 1.49. The van der Waals surface area contributed by atoms with Crippen LogP contribution in [0.4, 0.5) is 18.9 Å². The van der Waals surface area contributed by atoms with Crippen molar-refractivity contribution in [2.75, 3.05) is 32.0 Å². The topological polar surface area (TPSA) is 44.4 Å². The molecule has 1 aromatic carbocycles. The summed E-state index contributed by atoms with van der Waals surface area (Å²) in [6, 6.07) is 3.73. The fourth-order valence-corrected chi connectivity index (χ4v) is 2.93. The van der Waals surface area contributed by atoms with E-state index >= 15 is 0 Å². The van der Waals surface area contributed by atoms with Crippen LogP contribution in [0.1, 0.15) is 18.4 Å². The molecule has 1 aliphatic rings. The van der Waals surface area contributed by atoms with E-state index in [0.717, 1.165) is 25.5 Å². The molecule has 4 nitrogen and oxygen atoms in total. The van der Waals surface area contributed by atoms with Crippen LogP contribution in [0.2, 0.25) is 5.02 Å². The van der Waals surface area contributed by atoms with E-state index in [1.807, 2.05) is 11.9 Å². The monoisotopic (exact) mass is 385 g/mol. The van der Waals surface area contributed by atoms with Crippen LogP contribution in [0.25, 0.3) is 0 Å². The van der Waals surface area contributed by atoms with Gasteiger partial charge in [-0.25, -0.2) is 0 Å². The van der Waals surface area contributed by atoms with Crippen LogP contribution in [0.3, 0.4) is 0 Å². The van der Waals surface area contributed by atoms with Gasteiger partial charge in [0.15, 0.2) is 0 Å². The van der Waals surface area contributed by atoms with Crippen LogP contribution < -0.4 is 10.6 Å². The smallest absolute Gasteiger partial charge is 0.323 e. The summed E-state index contributed by atoms with van der Waals surface area (Å²) in [5.74, 6) is -0.500. The minimum atomic E-state index is -4.57.